The molecule has 7 nitrogen and oxygen atoms in total. The van der Waals surface area contributed by atoms with Crippen LogP contribution in [0.25, 0.3) is 0 Å². The van der Waals surface area contributed by atoms with Gasteiger partial charge in [-0.25, -0.2) is 13.4 Å². The van der Waals surface area contributed by atoms with Gasteiger partial charge in [-0.05, 0) is 23.6 Å². The van der Waals surface area contributed by atoms with Crippen LogP contribution < -0.4 is 10.0 Å². The number of sulfonamides is 1. The summed E-state index contributed by atoms with van der Waals surface area (Å²) in [5.41, 5.74) is 0.508. The molecule has 0 aliphatic rings. The molecule has 1 amide bonds. The predicted octanol–water partition coefficient (Wildman–Crippen LogP) is 2.67. The van der Waals surface area contributed by atoms with Crippen LogP contribution >= 0.6 is 23.7 Å². The lowest BCUT2D eigenvalue weighted by Gasteiger charge is -2.11. The number of hydrogen-bond donors (Lipinski definition) is 3. The third-order valence-corrected chi connectivity index (χ3v) is 6.14. The zero-order chi connectivity index (χ0) is 17.7. The molecule has 26 heavy (non-hydrogen) atoms. The van der Waals surface area contributed by atoms with Crippen molar-refractivity contribution in [2.24, 2.45) is 0 Å². The molecule has 0 saturated carbocycles. The van der Waals surface area contributed by atoms with Crippen molar-refractivity contribution in [1.29, 1.82) is 0 Å². The van der Waals surface area contributed by atoms with E-state index in [9.17, 15) is 13.2 Å². The summed E-state index contributed by atoms with van der Waals surface area (Å²) >= 11 is 1.11. The topological polar surface area (TPSA) is 104 Å². The smallest absolute Gasteiger partial charge is 0.271 e. The number of nitrogens with zero attached hydrogens (tertiary/aromatic N) is 1. The lowest BCUT2D eigenvalue weighted by Crippen LogP contribution is -2.27. The van der Waals surface area contributed by atoms with Crippen molar-refractivity contribution in [3.63, 3.8) is 0 Å². The molecule has 0 bridgehead atoms. The second-order valence-corrected chi connectivity index (χ2v) is 7.98. The molecule has 138 valence electrons. The van der Waals surface area contributed by atoms with Crippen LogP contribution in [0.15, 0.2) is 58.4 Å². The minimum absolute atomic E-state index is 0. The van der Waals surface area contributed by atoms with E-state index in [1.807, 2.05) is 0 Å². The molecule has 0 fully saturated rings. The third-order valence-electron chi connectivity index (χ3n) is 3.38. The lowest BCUT2D eigenvalue weighted by molar-refractivity contribution is 0.0955. The van der Waals surface area contributed by atoms with Crippen molar-refractivity contribution < 1.29 is 13.2 Å². The molecule has 0 aliphatic carbocycles. The number of aromatic amines is 1. The normalized spacial score (nSPS) is 10.8. The first-order chi connectivity index (χ1) is 12.1. The summed E-state index contributed by atoms with van der Waals surface area (Å²) in [6, 6.07) is 9.67. The van der Waals surface area contributed by atoms with E-state index in [-0.39, 0.29) is 33.8 Å². The number of aromatic nitrogens is 2. The Balaban J connectivity index is 0.00000243. The fourth-order valence-electron chi connectivity index (χ4n) is 2.21. The minimum Gasteiger partial charge on any atom is -0.352 e. The van der Waals surface area contributed by atoms with E-state index in [1.165, 1.54) is 6.07 Å². The maximum atomic E-state index is 12.4. The number of nitrogens with one attached hydrogen (secondary N) is 3. The average molecular weight is 413 g/mol. The van der Waals surface area contributed by atoms with Gasteiger partial charge in [-0.2, -0.15) is 0 Å². The molecule has 1 aromatic carbocycles. The number of carbonyl (C=O) groups is 1. The first kappa shape index (κ1) is 20.0. The molecular weight excluding hydrogens is 396 g/mol. The largest absolute Gasteiger partial charge is 0.352 e. The molecule has 0 unspecified atom stereocenters. The van der Waals surface area contributed by atoms with Gasteiger partial charge in [-0.1, -0.05) is 18.2 Å². The molecule has 3 N–H and O–H groups in total. The first-order valence-corrected chi connectivity index (χ1v) is 9.84. The number of para-hydroxylation sites is 1. The number of halogens is 1. The Kier molecular flexibility index (Phi) is 6.78. The van der Waals surface area contributed by atoms with Crippen LogP contribution in [-0.4, -0.2) is 30.8 Å². The SMILES string of the molecule is Cl.O=C(NCCc1ncc[nH]1)c1ccccc1NS(=O)(=O)c1cccs1. The highest BCUT2D eigenvalue weighted by molar-refractivity contribution is 7.94. The highest BCUT2D eigenvalue weighted by Crippen LogP contribution is 2.22. The maximum Gasteiger partial charge on any atom is 0.271 e. The van der Waals surface area contributed by atoms with Crippen LogP contribution in [0.1, 0.15) is 16.2 Å². The Morgan fingerprint density at radius 2 is 2.00 bits per heavy atom. The van der Waals surface area contributed by atoms with E-state index >= 15 is 0 Å². The molecular formula is C16H17ClN4O3S2. The van der Waals surface area contributed by atoms with Crippen molar-refractivity contribution in [2.75, 3.05) is 11.3 Å². The number of amides is 1. The Morgan fingerprint density at radius 1 is 1.19 bits per heavy atom. The second kappa shape index (κ2) is 8.84. The molecule has 2 heterocycles. The number of thiophene rings is 1. The van der Waals surface area contributed by atoms with E-state index < -0.39 is 10.0 Å². The predicted molar refractivity (Wildman–Crippen MR) is 103 cm³/mol. The first-order valence-electron chi connectivity index (χ1n) is 7.48. The Labute approximate surface area is 161 Å². The van der Waals surface area contributed by atoms with Gasteiger partial charge >= 0.3 is 0 Å². The van der Waals surface area contributed by atoms with Crippen molar-refractivity contribution in [2.45, 2.75) is 10.6 Å². The third kappa shape index (κ3) is 4.84. The van der Waals surface area contributed by atoms with Gasteiger partial charge in [-0.15, -0.1) is 23.7 Å². The molecule has 0 atom stereocenters. The van der Waals surface area contributed by atoms with Gasteiger partial charge in [0, 0.05) is 25.4 Å². The average Bonchev–Trinajstić information content (AvgIpc) is 3.29. The Morgan fingerprint density at radius 3 is 2.69 bits per heavy atom. The summed E-state index contributed by atoms with van der Waals surface area (Å²) in [4.78, 5) is 19.4. The van der Waals surface area contributed by atoms with Gasteiger partial charge < -0.3 is 10.3 Å². The van der Waals surface area contributed by atoms with Gasteiger partial charge in [0.2, 0.25) is 0 Å². The number of anilines is 1. The van der Waals surface area contributed by atoms with Crippen molar-refractivity contribution in [3.8, 4) is 0 Å². The van der Waals surface area contributed by atoms with E-state index in [0.29, 0.717) is 13.0 Å². The number of rotatable bonds is 7. The van der Waals surface area contributed by atoms with E-state index in [4.69, 9.17) is 0 Å². The summed E-state index contributed by atoms with van der Waals surface area (Å²) in [6.07, 6.45) is 3.92. The van der Waals surface area contributed by atoms with Crippen molar-refractivity contribution in [3.05, 3.63) is 65.6 Å². The summed E-state index contributed by atoms with van der Waals surface area (Å²) in [7, 11) is -3.71. The molecule has 2 aromatic heterocycles. The van der Waals surface area contributed by atoms with E-state index in [1.54, 1.807) is 48.1 Å². The van der Waals surface area contributed by atoms with E-state index in [0.717, 1.165) is 17.2 Å². The van der Waals surface area contributed by atoms with Crippen LogP contribution in [-0.2, 0) is 16.4 Å². The molecule has 10 heteroatoms. The summed E-state index contributed by atoms with van der Waals surface area (Å²) in [5.74, 6) is 0.419. The zero-order valence-corrected chi connectivity index (χ0v) is 16.0. The fourth-order valence-corrected chi connectivity index (χ4v) is 4.28. The molecule has 0 saturated heterocycles. The van der Waals surface area contributed by atoms with Crippen LogP contribution in [0, 0.1) is 0 Å². The number of carbonyl (C=O) groups excluding carboxylic acids is 1. The molecule has 3 rings (SSSR count). The number of hydrogen-bond acceptors (Lipinski definition) is 5. The van der Waals surface area contributed by atoms with Gasteiger partial charge in [0.05, 0.1) is 11.3 Å². The quantitative estimate of drug-likeness (QED) is 0.554. The number of H-pyrrole nitrogens is 1. The number of imidazole rings is 1. The number of benzene rings is 1. The summed E-state index contributed by atoms with van der Waals surface area (Å²) in [6.45, 7) is 0.387. The maximum absolute atomic E-state index is 12.4. The van der Waals surface area contributed by atoms with Crippen LogP contribution in [0.5, 0.6) is 0 Å². The molecule has 0 radical (unpaired) electrons. The highest BCUT2D eigenvalue weighted by atomic mass is 35.5. The van der Waals surface area contributed by atoms with Crippen LogP contribution in [0.3, 0.4) is 0 Å². The highest BCUT2D eigenvalue weighted by Gasteiger charge is 2.19. The second-order valence-electron chi connectivity index (χ2n) is 5.12. The van der Waals surface area contributed by atoms with Crippen LogP contribution in [0.4, 0.5) is 5.69 Å². The monoisotopic (exact) mass is 412 g/mol. The van der Waals surface area contributed by atoms with E-state index in [2.05, 4.69) is 20.0 Å². The Bertz CT molecular complexity index is 942. The molecule has 3 aromatic rings. The van der Waals surface area contributed by atoms with Crippen molar-refractivity contribution >= 4 is 45.4 Å². The fraction of sp³-hybridized carbons (Fsp3) is 0.125. The molecule has 0 aliphatic heterocycles. The van der Waals surface area contributed by atoms with Gasteiger partial charge in [0.15, 0.2) is 0 Å². The zero-order valence-electron chi connectivity index (χ0n) is 13.5. The van der Waals surface area contributed by atoms with Gasteiger partial charge in [-0.3, -0.25) is 9.52 Å². The lowest BCUT2D eigenvalue weighted by atomic mass is 10.1. The summed E-state index contributed by atoms with van der Waals surface area (Å²) in [5, 5.41) is 4.45. The van der Waals surface area contributed by atoms with Crippen LogP contribution in [0.2, 0.25) is 0 Å². The Hall–Kier alpha value is -2.36. The van der Waals surface area contributed by atoms with Gasteiger partial charge in [0.25, 0.3) is 15.9 Å². The summed E-state index contributed by atoms with van der Waals surface area (Å²) < 4.78 is 27.4. The van der Waals surface area contributed by atoms with Crippen molar-refractivity contribution in [1.82, 2.24) is 15.3 Å². The standard InChI is InChI=1S/C16H16N4O3S2.ClH/c21-16(19-8-7-14-17-9-10-18-14)12-4-1-2-5-13(12)20-25(22,23)15-6-3-11-24-15;/h1-6,9-11,20H,7-8H2,(H,17,18)(H,19,21);1H. The van der Waals surface area contributed by atoms with Gasteiger partial charge in [0.1, 0.15) is 10.0 Å². The molecule has 0 spiro atoms. The minimum atomic E-state index is -3.71.